The molecule has 0 fully saturated rings. The van der Waals surface area contributed by atoms with Gasteiger partial charge in [0, 0.05) is 11.6 Å². The molecule has 1 amide bonds. The lowest BCUT2D eigenvalue weighted by Crippen LogP contribution is -2.47. The van der Waals surface area contributed by atoms with Gasteiger partial charge in [-0.3, -0.25) is 9.78 Å². The summed E-state index contributed by atoms with van der Waals surface area (Å²) in [5.41, 5.74) is 0.752. The van der Waals surface area contributed by atoms with Crippen molar-refractivity contribution in [3.8, 4) is 17.6 Å². The molecule has 1 N–H and O–H groups in total. The van der Waals surface area contributed by atoms with E-state index >= 15 is 0 Å². The highest BCUT2D eigenvalue weighted by Gasteiger charge is 2.25. The first-order valence-electron chi connectivity index (χ1n) is 7.66. The maximum Gasteiger partial charge on any atom is 0.272 e. The van der Waals surface area contributed by atoms with Crippen molar-refractivity contribution in [2.24, 2.45) is 0 Å². The standard InChI is InChI=1S/C19H22N2O2S/c1-6-9-19(3,4)21-17(22)18(24-5)23-15-7-8-16-14(11-15)10-13(2)12-20-16/h7-8,10-12,18H,1-5H3,(H,21,22). The molecule has 2 rings (SSSR count). The summed E-state index contributed by atoms with van der Waals surface area (Å²) in [7, 11) is 0. The number of ether oxygens (including phenoxy) is 1. The number of pyridine rings is 1. The molecule has 0 radical (unpaired) electrons. The number of carbonyl (C=O) groups is 1. The lowest BCUT2D eigenvalue weighted by molar-refractivity contribution is -0.125. The van der Waals surface area contributed by atoms with Gasteiger partial charge in [-0.1, -0.05) is 5.92 Å². The van der Waals surface area contributed by atoms with Crippen LogP contribution in [0.3, 0.4) is 0 Å². The van der Waals surface area contributed by atoms with Crippen LogP contribution in [0.2, 0.25) is 0 Å². The second kappa shape index (κ2) is 7.59. The van der Waals surface area contributed by atoms with Gasteiger partial charge in [-0.05, 0) is 63.8 Å². The number of amides is 1. The Morgan fingerprint density at radius 2 is 2.12 bits per heavy atom. The van der Waals surface area contributed by atoms with Gasteiger partial charge in [-0.2, -0.15) is 0 Å². The summed E-state index contributed by atoms with van der Waals surface area (Å²) in [5.74, 6) is 6.24. The number of thioether (sulfide) groups is 1. The van der Waals surface area contributed by atoms with E-state index in [0.29, 0.717) is 5.75 Å². The molecule has 0 saturated heterocycles. The van der Waals surface area contributed by atoms with Crippen LogP contribution >= 0.6 is 11.8 Å². The SMILES string of the molecule is CC#CC(C)(C)NC(=O)C(Oc1ccc2ncc(C)cc2c1)SC. The van der Waals surface area contributed by atoms with Gasteiger partial charge in [0.15, 0.2) is 0 Å². The molecule has 126 valence electrons. The van der Waals surface area contributed by atoms with Crippen LogP contribution in [0.4, 0.5) is 0 Å². The highest BCUT2D eigenvalue weighted by atomic mass is 32.2. The highest BCUT2D eigenvalue weighted by Crippen LogP contribution is 2.23. The van der Waals surface area contributed by atoms with Crippen molar-refractivity contribution in [2.75, 3.05) is 6.26 Å². The average molecular weight is 342 g/mol. The number of aromatic nitrogens is 1. The van der Waals surface area contributed by atoms with E-state index in [1.54, 1.807) is 6.92 Å². The van der Waals surface area contributed by atoms with Gasteiger partial charge in [-0.15, -0.1) is 17.7 Å². The number of rotatable bonds is 5. The number of benzene rings is 1. The molecule has 1 heterocycles. The monoisotopic (exact) mass is 342 g/mol. The Morgan fingerprint density at radius 1 is 1.38 bits per heavy atom. The lowest BCUT2D eigenvalue weighted by Gasteiger charge is -2.24. The van der Waals surface area contributed by atoms with E-state index in [2.05, 4.69) is 22.1 Å². The average Bonchev–Trinajstić information content (AvgIpc) is 2.51. The van der Waals surface area contributed by atoms with Crippen LogP contribution in [0.5, 0.6) is 5.75 Å². The van der Waals surface area contributed by atoms with Crippen LogP contribution in [0, 0.1) is 18.8 Å². The summed E-state index contributed by atoms with van der Waals surface area (Å²) in [6.07, 6.45) is 3.67. The summed E-state index contributed by atoms with van der Waals surface area (Å²) < 4.78 is 5.87. The van der Waals surface area contributed by atoms with Gasteiger partial charge in [0.25, 0.3) is 5.91 Å². The Balaban J connectivity index is 2.17. The molecule has 4 nitrogen and oxygen atoms in total. The van der Waals surface area contributed by atoms with E-state index in [1.165, 1.54) is 11.8 Å². The normalized spacial score (nSPS) is 12.2. The van der Waals surface area contributed by atoms with Crippen molar-refractivity contribution in [1.29, 1.82) is 0 Å². The van der Waals surface area contributed by atoms with Crippen molar-refractivity contribution in [3.05, 3.63) is 36.0 Å². The minimum atomic E-state index is -0.641. The topological polar surface area (TPSA) is 51.2 Å². The van der Waals surface area contributed by atoms with Crippen LogP contribution in [0.15, 0.2) is 30.5 Å². The van der Waals surface area contributed by atoms with Crippen molar-refractivity contribution in [3.63, 3.8) is 0 Å². The first kappa shape index (κ1) is 18.2. The highest BCUT2D eigenvalue weighted by molar-refractivity contribution is 7.99. The molecule has 1 unspecified atom stereocenters. The number of hydrogen-bond acceptors (Lipinski definition) is 4. The van der Waals surface area contributed by atoms with Crippen molar-refractivity contribution in [1.82, 2.24) is 10.3 Å². The predicted octanol–water partition coefficient (Wildman–Crippen LogP) is 3.53. The van der Waals surface area contributed by atoms with E-state index in [1.807, 2.05) is 57.5 Å². The van der Waals surface area contributed by atoms with Gasteiger partial charge in [0.1, 0.15) is 5.75 Å². The van der Waals surface area contributed by atoms with E-state index in [4.69, 9.17) is 4.74 Å². The molecule has 0 aliphatic carbocycles. The lowest BCUT2D eigenvalue weighted by atomic mass is 10.1. The minimum Gasteiger partial charge on any atom is -0.470 e. The zero-order valence-electron chi connectivity index (χ0n) is 14.6. The van der Waals surface area contributed by atoms with Crippen LogP contribution in [-0.2, 0) is 4.79 Å². The Hall–Kier alpha value is -2.19. The number of nitrogens with zero attached hydrogens (tertiary/aromatic N) is 1. The van der Waals surface area contributed by atoms with Crippen LogP contribution in [0.25, 0.3) is 10.9 Å². The quantitative estimate of drug-likeness (QED) is 0.667. The number of nitrogens with one attached hydrogen (secondary N) is 1. The zero-order chi connectivity index (χ0) is 17.7. The maximum absolute atomic E-state index is 12.4. The van der Waals surface area contributed by atoms with Crippen molar-refractivity contribution >= 4 is 28.6 Å². The molecule has 1 atom stereocenters. The van der Waals surface area contributed by atoms with Gasteiger partial charge in [0.05, 0.1) is 11.1 Å². The third-order valence-corrected chi connectivity index (χ3v) is 4.07. The summed E-state index contributed by atoms with van der Waals surface area (Å²) >= 11 is 1.34. The summed E-state index contributed by atoms with van der Waals surface area (Å²) in [4.78, 5) is 16.8. The second-order valence-corrected chi connectivity index (χ2v) is 6.94. The smallest absolute Gasteiger partial charge is 0.272 e. The van der Waals surface area contributed by atoms with Gasteiger partial charge in [-0.25, -0.2) is 0 Å². The number of fused-ring (bicyclic) bond motifs is 1. The fraction of sp³-hybridized carbons (Fsp3) is 0.368. The molecule has 1 aromatic carbocycles. The summed E-state index contributed by atoms with van der Waals surface area (Å²) in [6, 6.07) is 7.68. The predicted molar refractivity (Wildman–Crippen MR) is 100 cm³/mol. The third-order valence-electron chi connectivity index (χ3n) is 3.33. The van der Waals surface area contributed by atoms with E-state index in [9.17, 15) is 4.79 Å². The van der Waals surface area contributed by atoms with Gasteiger partial charge in [0.2, 0.25) is 5.44 Å². The Labute approximate surface area is 147 Å². The Bertz CT molecular complexity index is 806. The molecule has 0 spiro atoms. The second-order valence-electron chi connectivity index (χ2n) is 6.04. The summed E-state index contributed by atoms with van der Waals surface area (Å²) in [6.45, 7) is 7.48. The van der Waals surface area contributed by atoms with E-state index in [-0.39, 0.29) is 5.91 Å². The number of carbonyl (C=O) groups excluding carboxylic acids is 1. The molecular formula is C19H22N2O2S. The largest absolute Gasteiger partial charge is 0.470 e. The Kier molecular flexibility index (Phi) is 5.74. The fourth-order valence-electron chi connectivity index (χ4n) is 2.34. The summed E-state index contributed by atoms with van der Waals surface area (Å²) in [5, 5.41) is 3.89. The molecule has 0 bridgehead atoms. The third kappa shape index (κ3) is 4.65. The first-order valence-corrected chi connectivity index (χ1v) is 8.95. The van der Waals surface area contributed by atoms with Crippen molar-refractivity contribution < 1.29 is 9.53 Å². The molecule has 5 heteroatoms. The zero-order valence-corrected chi connectivity index (χ0v) is 15.5. The van der Waals surface area contributed by atoms with Crippen LogP contribution < -0.4 is 10.1 Å². The van der Waals surface area contributed by atoms with Gasteiger partial charge >= 0.3 is 0 Å². The minimum absolute atomic E-state index is 0.197. The van der Waals surface area contributed by atoms with Gasteiger partial charge < -0.3 is 10.1 Å². The van der Waals surface area contributed by atoms with Crippen LogP contribution in [-0.4, -0.2) is 28.1 Å². The van der Waals surface area contributed by atoms with E-state index < -0.39 is 11.0 Å². The number of aryl methyl sites for hydroxylation is 1. The molecule has 0 saturated carbocycles. The molecule has 0 aliphatic heterocycles. The molecular weight excluding hydrogens is 320 g/mol. The van der Waals surface area contributed by atoms with E-state index in [0.717, 1.165) is 16.5 Å². The maximum atomic E-state index is 12.4. The molecule has 24 heavy (non-hydrogen) atoms. The number of hydrogen-bond donors (Lipinski definition) is 1. The Morgan fingerprint density at radius 3 is 2.79 bits per heavy atom. The first-order chi connectivity index (χ1) is 11.3. The molecule has 2 aromatic rings. The van der Waals surface area contributed by atoms with Crippen LogP contribution in [0.1, 0.15) is 26.3 Å². The fourth-order valence-corrected chi connectivity index (χ4v) is 2.82. The molecule has 1 aromatic heterocycles. The molecule has 0 aliphatic rings. The van der Waals surface area contributed by atoms with Crippen molar-refractivity contribution in [2.45, 2.75) is 38.7 Å².